The number of halogens is 4. The molecule has 0 saturated heterocycles. The normalized spacial score (nSPS) is 17.0. The highest BCUT2D eigenvalue weighted by Crippen LogP contribution is 2.39. The number of aliphatic hydroxyl groups is 2. The fourth-order valence-corrected chi connectivity index (χ4v) is 5.26. The van der Waals surface area contributed by atoms with Crippen LogP contribution in [0.4, 0.5) is 17.6 Å². The van der Waals surface area contributed by atoms with Crippen LogP contribution in [0.5, 0.6) is 11.5 Å². The number of ether oxygens (including phenoxy) is 1. The predicted octanol–water partition coefficient (Wildman–Crippen LogP) is 3.01. The van der Waals surface area contributed by atoms with E-state index in [0.29, 0.717) is 5.56 Å². The van der Waals surface area contributed by atoms with Crippen LogP contribution in [0, 0.1) is 0 Å². The molecule has 0 aliphatic carbocycles. The van der Waals surface area contributed by atoms with E-state index in [1.54, 1.807) is 20.8 Å². The summed E-state index contributed by atoms with van der Waals surface area (Å²) < 4.78 is 115. The molecule has 38 heavy (non-hydrogen) atoms. The van der Waals surface area contributed by atoms with Crippen LogP contribution in [0.1, 0.15) is 43.0 Å². The molecule has 1 aliphatic heterocycles. The van der Waals surface area contributed by atoms with E-state index in [1.165, 1.54) is 30.3 Å². The minimum atomic E-state index is -6.59. The van der Waals surface area contributed by atoms with Crippen LogP contribution in [0.2, 0.25) is 0 Å². The highest BCUT2D eigenvalue weighted by atomic mass is 32.3. The topological polar surface area (TPSA) is 149 Å². The molecule has 2 N–H and O–H groups in total. The highest BCUT2D eigenvalue weighted by Gasteiger charge is 2.63. The second-order valence-corrected chi connectivity index (χ2v) is 12.6. The maximum atomic E-state index is 14.8. The number of hydrogen-bond donors (Lipinski definition) is 2. The molecule has 0 fully saturated rings. The van der Waals surface area contributed by atoms with Gasteiger partial charge in [0, 0.05) is 16.7 Å². The van der Waals surface area contributed by atoms with Crippen molar-refractivity contribution in [3.63, 3.8) is 0 Å². The van der Waals surface area contributed by atoms with Crippen LogP contribution in [-0.4, -0.2) is 49.9 Å². The summed E-state index contributed by atoms with van der Waals surface area (Å²) >= 11 is 0. The van der Waals surface area contributed by atoms with Gasteiger partial charge in [0.2, 0.25) is 0 Å². The first-order valence-electron chi connectivity index (χ1n) is 10.7. The standard InChI is InChI=1S/C22H23F4NO9S2/c1-20(2,3)15-8-13(10-28)18(14(9-15)11-29)35-37(30,31)22(25,26)38(32,33)36-27-19-16-6-4-5-7-17(16)34-12-21(19,23)24/h4-9,28-29H,10-12H2,1-3H3/b27-19+. The zero-order chi connectivity index (χ0) is 28.7. The van der Waals surface area contributed by atoms with Crippen molar-refractivity contribution in [2.24, 2.45) is 5.16 Å². The number of rotatable bonds is 8. The smallest absolute Gasteiger partial charge is 0.486 e. The first kappa shape index (κ1) is 29.6. The van der Waals surface area contributed by atoms with Gasteiger partial charge in [-0.15, -0.1) is 0 Å². The van der Waals surface area contributed by atoms with Crippen LogP contribution < -0.4 is 8.92 Å². The number of benzene rings is 2. The van der Waals surface area contributed by atoms with Gasteiger partial charge in [0.1, 0.15) is 5.75 Å². The third-order valence-electron chi connectivity index (χ3n) is 5.35. The van der Waals surface area contributed by atoms with Crippen molar-refractivity contribution < 1.29 is 57.8 Å². The minimum absolute atomic E-state index is 0.173. The Kier molecular flexibility index (Phi) is 7.77. The Morgan fingerprint density at radius 3 is 2.08 bits per heavy atom. The number of oxime groups is 1. The molecular weight excluding hydrogens is 562 g/mol. The number of hydrogen-bond acceptors (Lipinski definition) is 10. The SMILES string of the molecule is CC(C)(C)c1cc(CO)c(OS(=O)(=O)C(F)(F)S(=O)(=O)O/N=C2\c3ccccc3OCC2(F)F)c(CO)c1. The molecule has 0 aromatic heterocycles. The van der Waals surface area contributed by atoms with Crippen LogP contribution in [0.3, 0.4) is 0 Å². The zero-order valence-electron chi connectivity index (χ0n) is 20.1. The van der Waals surface area contributed by atoms with Gasteiger partial charge >= 0.3 is 30.7 Å². The van der Waals surface area contributed by atoms with Gasteiger partial charge in [0.05, 0.1) is 13.2 Å². The second-order valence-electron chi connectivity index (χ2n) is 9.15. The van der Waals surface area contributed by atoms with Crippen molar-refractivity contribution in [3.8, 4) is 11.5 Å². The summed E-state index contributed by atoms with van der Waals surface area (Å²) in [4.78, 5) is 0. The lowest BCUT2D eigenvalue weighted by molar-refractivity contribution is 0.0158. The van der Waals surface area contributed by atoms with Crippen molar-refractivity contribution in [2.45, 2.75) is 49.9 Å². The zero-order valence-corrected chi connectivity index (χ0v) is 21.7. The number of alkyl halides is 4. The molecule has 10 nitrogen and oxygen atoms in total. The molecule has 2 aromatic rings. The molecule has 2 aromatic carbocycles. The Bertz CT molecular complexity index is 1440. The average Bonchev–Trinajstić information content (AvgIpc) is 2.82. The van der Waals surface area contributed by atoms with E-state index in [1.807, 2.05) is 0 Å². The Labute approximate surface area is 215 Å². The van der Waals surface area contributed by atoms with E-state index in [0.717, 1.165) is 6.07 Å². The summed E-state index contributed by atoms with van der Waals surface area (Å²) in [5, 5.41) is 22.0. The van der Waals surface area contributed by atoms with Gasteiger partial charge in [-0.25, -0.2) is 0 Å². The third-order valence-corrected chi connectivity index (χ3v) is 8.39. The van der Waals surface area contributed by atoms with Crippen molar-refractivity contribution >= 4 is 25.9 Å². The molecule has 1 heterocycles. The summed E-state index contributed by atoms with van der Waals surface area (Å²) in [7, 11) is -13.1. The molecule has 0 saturated carbocycles. The van der Waals surface area contributed by atoms with Gasteiger partial charge in [0.15, 0.2) is 18.1 Å². The van der Waals surface area contributed by atoms with E-state index in [-0.39, 0.29) is 16.9 Å². The molecule has 0 spiro atoms. The quantitative estimate of drug-likeness (QED) is 0.271. The van der Waals surface area contributed by atoms with Crippen molar-refractivity contribution in [3.05, 3.63) is 58.7 Å². The number of para-hydroxylation sites is 1. The highest BCUT2D eigenvalue weighted by molar-refractivity contribution is 8.05. The number of nitrogens with zero attached hydrogens (tertiary/aromatic N) is 1. The molecule has 0 radical (unpaired) electrons. The Balaban J connectivity index is 2.01. The van der Waals surface area contributed by atoms with E-state index < -0.39 is 73.0 Å². The summed E-state index contributed by atoms with van der Waals surface area (Å²) in [5.41, 5.74) is -2.68. The molecule has 0 atom stereocenters. The lowest BCUT2D eigenvalue weighted by atomic mass is 9.85. The van der Waals surface area contributed by atoms with E-state index in [4.69, 9.17) is 4.74 Å². The first-order valence-corrected chi connectivity index (χ1v) is 13.5. The van der Waals surface area contributed by atoms with Crippen molar-refractivity contribution in [1.29, 1.82) is 0 Å². The van der Waals surface area contributed by atoms with E-state index in [9.17, 15) is 44.6 Å². The third kappa shape index (κ3) is 5.43. The minimum Gasteiger partial charge on any atom is -0.486 e. The summed E-state index contributed by atoms with van der Waals surface area (Å²) in [5.74, 6) is -5.09. The number of fused-ring (bicyclic) bond motifs is 1. The summed E-state index contributed by atoms with van der Waals surface area (Å²) in [6.45, 7) is 2.04. The Morgan fingerprint density at radius 2 is 1.55 bits per heavy atom. The van der Waals surface area contributed by atoms with E-state index in [2.05, 4.69) is 13.6 Å². The Morgan fingerprint density at radius 1 is 1.00 bits per heavy atom. The van der Waals surface area contributed by atoms with Gasteiger partial charge in [-0.1, -0.05) is 38.1 Å². The van der Waals surface area contributed by atoms with Gasteiger partial charge in [-0.05, 0) is 35.2 Å². The van der Waals surface area contributed by atoms with Crippen molar-refractivity contribution in [2.75, 3.05) is 6.61 Å². The first-order chi connectivity index (χ1) is 17.4. The van der Waals surface area contributed by atoms with Crippen molar-refractivity contribution in [1.82, 2.24) is 0 Å². The van der Waals surface area contributed by atoms with Crippen LogP contribution >= 0.6 is 0 Å². The monoisotopic (exact) mass is 585 g/mol. The molecular formula is C22H23F4NO9S2. The largest absolute Gasteiger partial charge is 0.519 e. The average molecular weight is 586 g/mol. The van der Waals surface area contributed by atoms with Gasteiger partial charge in [-0.2, -0.15) is 34.4 Å². The van der Waals surface area contributed by atoms with Gasteiger partial charge < -0.3 is 19.1 Å². The lowest BCUT2D eigenvalue weighted by Crippen LogP contribution is -2.43. The second kappa shape index (κ2) is 9.98. The summed E-state index contributed by atoms with van der Waals surface area (Å²) in [6, 6.07) is 7.36. The molecule has 0 unspecified atom stereocenters. The van der Waals surface area contributed by atoms with Crippen LogP contribution in [-0.2, 0) is 43.1 Å². The molecule has 0 bridgehead atoms. The fraction of sp³-hybridized carbons (Fsp3) is 0.409. The maximum absolute atomic E-state index is 14.8. The van der Waals surface area contributed by atoms with Crippen LogP contribution in [0.15, 0.2) is 41.6 Å². The molecule has 210 valence electrons. The molecule has 0 amide bonds. The molecule has 16 heteroatoms. The van der Waals surface area contributed by atoms with Crippen LogP contribution in [0.25, 0.3) is 0 Å². The molecule has 3 rings (SSSR count). The Hall–Kier alpha value is -2.95. The van der Waals surface area contributed by atoms with Gasteiger partial charge in [0.25, 0.3) is 0 Å². The predicted molar refractivity (Wildman–Crippen MR) is 125 cm³/mol. The fourth-order valence-electron chi connectivity index (χ4n) is 3.28. The lowest BCUT2D eigenvalue weighted by Gasteiger charge is -2.26. The number of aliphatic hydroxyl groups excluding tert-OH is 2. The molecule has 1 aliphatic rings. The maximum Gasteiger partial charge on any atom is 0.519 e. The van der Waals surface area contributed by atoms with E-state index >= 15 is 0 Å². The summed E-state index contributed by atoms with van der Waals surface area (Å²) in [6.07, 6.45) is 0. The van der Waals surface area contributed by atoms with Gasteiger partial charge in [-0.3, -0.25) is 4.28 Å².